The number of aliphatic hydroxyl groups is 2. The highest BCUT2D eigenvalue weighted by Gasteiger charge is 2.47. The van der Waals surface area contributed by atoms with Crippen molar-refractivity contribution < 1.29 is 121 Å². The number of aliphatic hydroxyl groups excluding tert-OH is 2. The Balaban J connectivity index is 1.10. The maximum Gasteiger partial charge on any atom is 0.305 e. The normalized spacial score (nSPS) is 24.7. The van der Waals surface area contributed by atoms with Gasteiger partial charge in [0.15, 0.2) is 0 Å². The van der Waals surface area contributed by atoms with Gasteiger partial charge in [-0.2, -0.15) is 0 Å². The molecule has 6 heterocycles. The minimum atomic E-state index is -1.97. The lowest BCUT2D eigenvalue weighted by molar-refractivity contribution is -0.150. The predicted molar refractivity (Wildman–Crippen MR) is 482 cm³/mol. The van der Waals surface area contributed by atoms with Crippen LogP contribution in [0.15, 0.2) is 97.7 Å². The molecular weight excluding hydrogens is 1780 g/mol. The zero-order valence-corrected chi connectivity index (χ0v) is 76.1. The number of primary amides is 2. The number of imidazole rings is 1. The highest BCUT2D eigenvalue weighted by Crippen LogP contribution is 2.28. The van der Waals surface area contributed by atoms with Gasteiger partial charge in [0.1, 0.15) is 90.3 Å². The van der Waals surface area contributed by atoms with E-state index >= 15 is 38.4 Å². The number of carboxylic acids is 2. The second kappa shape index (κ2) is 49.6. The molecule has 0 aliphatic carbocycles. The number of phenolic OH excluding ortho intramolecular Hbond substituents is 1. The van der Waals surface area contributed by atoms with Crippen molar-refractivity contribution in [3.05, 3.63) is 120 Å². The smallest absolute Gasteiger partial charge is 0.305 e. The van der Waals surface area contributed by atoms with Gasteiger partial charge in [-0.1, -0.05) is 68.3 Å². The molecule has 0 unspecified atom stereocenters. The second-order valence-electron chi connectivity index (χ2n) is 33.4. The first-order valence-electron chi connectivity index (χ1n) is 43.9. The SMILES string of the molecule is CCCC[C@H]1C(=O)N[C@@H](CCC(=O)O)C(=O)N[C@H](C(=O)NCC(N)=O)CSCC(=O)N[C@@H](Cc2ccc(O)cc2)C(=O)N(C)[C@@H](C)C(=O)N[C@H](CC(=O)O)C(=O)N2CCC[C@H]2C(=O)N[C@@H](Cc2c[nH]cn2)C(=O)N[C@@H](CCC(N)=O)C(=O)N2C[C@H](O)C[C@H]2C(=O)N[C@@H](Cc2c[nH]c3ccccc23)C(=O)N[C@@H](CO)C(=O)N[C@@H](Cc2c[nH]c3ccccc23)C(=O)N(C)[C@@H](CCOC)C(=O)N1C. The molecule has 22 N–H and O–H groups in total. The number of hydrogen-bond acceptors (Lipinski definition) is 25. The third-order valence-corrected chi connectivity index (χ3v) is 24.7. The average molecular weight is 1900 g/mol. The molecule has 3 aliphatic heterocycles. The van der Waals surface area contributed by atoms with Gasteiger partial charge in [0.25, 0.3) is 0 Å². The van der Waals surface area contributed by atoms with Gasteiger partial charge in [0, 0.05) is 145 Å². The third kappa shape index (κ3) is 29.0. The molecule has 3 fully saturated rings. The number of carbonyl (C=O) groups is 19. The zero-order chi connectivity index (χ0) is 98.6. The van der Waals surface area contributed by atoms with Gasteiger partial charge in [-0.3, -0.25) is 91.1 Å². The standard InChI is InChI=1S/C88H117N21O25S/c1-7-8-18-66-81(126)97-57(25-27-73(116)117)77(122)104-65(76(121)94-40-71(90)114)43-135-44-72(115)96-61(31-47-20-22-51(111)23-21-47)84(129)105(3)46(2)75(120)101-63(36-74(118)119)87(132)108-29-13-19-67(108)82(127)100-60(34-50-39-91-45-95-50)79(124)98-58(24-26-70(89)113)86(131)109-41-52(112)35-69(109)83(128)99-59(32-48-37-92-55-16-11-9-14-53(48)55)78(123)103-64(42-110)80(125)102-62(33-49-38-93-56-17-12-10-15-54(49)56)85(130)107(5)68(28-30-134-6)88(133)106(66)4/h9-12,14-17,20-23,37-39,45-46,52,57-69,92-93,110-112H,7-8,13,18-19,24-36,40-44H2,1-6H3,(H2,89,113)(H2,90,114)(H,91,95)(H,94,121)(H,96,115)(H,97,126)(H,98,124)(H,99,128)(H,100,127)(H,101,120)(H,102,125)(H,103,123)(H,104,122)(H,116,117)(H,118,119)/t46-,52+,57-,58-,59-,60-,61-,62-,63+,64-,65-,66-,67-,68-,69-/m0/s1. The number of unbranched alkanes of at least 4 members (excludes halogenated alkanes) is 1. The Bertz CT molecular complexity index is 5290. The third-order valence-electron chi connectivity index (χ3n) is 23.7. The average Bonchev–Trinajstić information content (AvgIpc) is 1.60. The fraction of sp³-hybridized carbons (Fsp3) is 0.500. The van der Waals surface area contributed by atoms with Gasteiger partial charge in [0.05, 0.1) is 43.5 Å². The number of aromatic nitrogens is 4. The summed E-state index contributed by atoms with van der Waals surface area (Å²) in [6.07, 6.45) is -1.25. The molecular formula is C88H117N21O25S. The van der Waals surface area contributed by atoms with Crippen molar-refractivity contribution in [2.24, 2.45) is 11.5 Å². The summed E-state index contributed by atoms with van der Waals surface area (Å²) in [6, 6.07) is -4.83. The number of carbonyl (C=O) groups excluding carboxylic acids is 17. The Morgan fingerprint density at radius 3 is 1.70 bits per heavy atom. The molecule has 0 saturated carbocycles. The Kier molecular flexibility index (Phi) is 38.4. The lowest BCUT2D eigenvalue weighted by atomic mass is 10.0. The molecule has 0 spiro atoms. The number of aromatic amines is 3. The van der Waals surface area contributed by atoms with Crippen LogP contribution >= 0.6 is 11.8 Å². The highest BCUT2D eigenvalue weighted by atomic mass is 32.2. The zero-order valence-electron chi connectivity index (χ0n) is 75.3. The van der Waals surface area contributed by atoms with Gasteiger partial charge in [0.2, 0.25) is 100 Å². The molecule has 47 heteroatoms. The van der Waals surface area contributed by atoms with Crippen molar-refractivity contribution in [2.75, 3.05) is 72.6 Å². The van der Waals surface area contributed by atoms with E-state index in [1.54, 1.807) is 67.8 Å². The van der Waals surface area contributed by atoms with E-state index in [0.29, 0.717) is 56.7 Å². The van der Waals surface area contributed by atoms with Crippen molar-refractivity contribution in [1.29, 1.82) is 0 Å². The first kappa shape index (κ1) is 105. The number of likely N-dealkylation sites (N-methyl/N-ethyl adjacent to an activating group) is 3. The van der Waals surface area contributed by atoms with E-state index in [4.69, 9.17) is 16.2 Å². The molecule has 3 aliphatic rings. The van der Waals surface area contributed by atoms with Crippen LogP contribution in [0, 0.1) is 0 Å². The number of methoxy groups -OCH3 is 1. The van der Waals surface area contributed by atoms with Crippen LogP contribution < -0.4 is 64.6 Å². The highest BCUT2D eigenvalue weighted by molar-refractivity contribution is 8.00. The van der Waals surface area contributed by atoms with Crippen LogP contribution in [0.1, 0.15) is 113 Å². The summed E-state index contributed by atoms with van der Waals surface area (Å²) >= 11 is 0.676. The van der Waals surface area contributed by atoms with Crippen LogP contribution in [0.4, 0.5) is 0 Å². The molecule has 3 aromatic carbocycles. The van der Waals surface area contributed by atoms with Crippen LogP contribution in [-0.2, 0) is 122 Å². The molecule has 135 heavy (non-hydrogen) atoms. The van der Waals surface area contributed by atoms with Crippen LogP contribution in [0.2, 0.25) is 0 Å². The maximum atomic E-state index is 15.7. The molecule has 9 rings (SSSR count). The largest absolute Gasteiger partial charge is 0.508 e. The van der Waals surface area contributed by atoms with Gasteiger partial charge >= 0.3 is 11.9 Å². The lowest BCUT2D eigenvalue weighted by Crippen LogP contribution is -2.62. The number of hydrogen-bond donors (Lipinski definition) is 20. The number of amides is 17. The number of rotatable bonds is 26. The molecule has 730 valence electrons. The molecule has 6 aromatic rings. The van der Waals surface area contributed by atoms with Crippen molar-refractivity contribution in [3.63, 3.8) is 0 Å². The van der Waals surface area contributed by atoms with Gasteiger partial charge in [-0.05, 0) is 80.0 Å². The maximum absolute atomic E-state index is 15.7. The molecule has 15 atom stereocenters. The fourth-order valence-electron chi connectivity index (χ4n) is 16.2. The molecule has 0 radical (unpaired) electrons. The summed E-state index contributed by atoms with van der Waals surface area (Å²) in [5, 5.41) is 79.4. The van der Waals surface area contributed by atoms with E-state index < -0.39 is 279 Å². The summed E-state index contributed by atoms with van der Waals surface area (Å²) in [6.45, 7) is -0.0346. The minimum absolute atomic E-state index is 0.0969. The molecule has 3 aromatic heterocycles. The summed E-state index contributed by atoms with van der Waals surface area (Å²) in [4.78, 5) is 291. The van der Waals surface area contributed by atoms with E-state index in [-0.39, 0.29) is 76.0 Å². The second-order valence-corrected chi connectivity index (χ2v) is 34.4. The van der Waals surface area contributed by atoms with Crippen LogP contribution in [-0.4, -0.2) is 346 Å². The van der Waals surface area contributed by atoms with Crippen molar-refractivity contribution >= 4 is 146 Å². The number of nitrogens with zero attached hydrogens (tertiary/aromatic N) is 6. The predicted octanol–water partition coefficient (Wildman–Crippen LogP) is -4.66. The van der Waals surface area contributed by atoms with E-state index in [1.165, 1.54) is 64.9 Å². The summed E-state index contributed by atoms with van der Waals surface area (Å²) in [5.74, 6) is -22.4. The van der Waals surface area contributed by atoms with Crippen LogP contribution in [0.5, 0.6) is 5.75 Å². The Morgan fingerprint density at radius 2 is 1.10 bits per heavy atom. The Morgan fingerprint density at radius 1 is 0.548 bits per heavy atom. The molecule has 0 bridgehead atoms. The number of nitrogens with one attached hydrogen (secondary N) is 13. The number of para-hydroxylation sites is 2. The van der Waals surface area contributed by atoms with E-state index in [1.807, 2.05) is 0 Å². The number of aromatic hydroxyl groups is 1. The number of H-pyrrole nitrogens is 3. The summed E-state index contributed by atoms with van der Waals surface area (Å²) in [5.41, 5.74) is 13.5. The topological polar surface area (TPSA) is 684 Å². The van der Waals surface area contributed by atoms with E-state index in [9.17, 15) is 78.3 Å². The molecule has 17 amide bonds. The number of thioether (sulfide) groups is 1. The quantitative estimate of drug-likeness (QED) is 0.0243. The van der Waals surface area contributed by atoms with E-state index in [0.717, 1.165) is 31.5 Å². The molecule has 3 saturated heterocycles. The number of carboxylic acid groups (broad SMARTS) is 2. The first-order chi connectivity index (χ1) is 64.3. The van der Waals surface area contributed by atoms with E-state index in [2.05, 4.69) is 73.1 Å². The number of aliphatic carboxylic acids is 2. The molecule has 46 nitrogen and oxygen atoms in total. The summed E-state index contributed by atoms with van der Waals surface area (Å²) in [7, 11) is 4.92. The van der Waals surface area contributed by atoms with Crippen molar-refractivity contribution in [2.45, 2.75) is 207 Å². The van der Waals surface area contributed by atoms with Crippen LogP contribution in [0.3, 0.4) is 0 Å². The monoisotopic (exact) mass is 1900 g/mol. The Hall–Kier alpha value is -14.1. The van der Waals surface area contributed by atoms with Crippen molar-refractivity contribution in [1.82, 2.24) is 97.6 Å². The first-order valence-corrected chi connectivity index (χ1v) is 45.1. The number of nitrogens with two attached hydrogens (primary N) is 2. The number of ether oxygens (including phenoxy) is 1. The minimum Gasteiger partial charge on any atom is -0.508 e. The number of phenols is 1. The van der Waals surface area contributed by atoms with Gasteiger partial charge in [-0.25, -0.2) is 4.98 Å². The fourth-order valence-corrected chi connectivity index (χ4v) is 17.0. The van der Waals surface area contributed by atoms with Crippen LogP contribution in [0.25, 0.3) is 21.8 Å². The van der Waals surface area contributed by atoms with Gasteiger partial charge in [-0.15, -0.1) is 11.8 Å². The Labute approximate surface area is 778 Å². The number of fused-ring (bicyclic) bond motifs is 4. The van der Waals surface area contributed by atoms with Gasteiger partial charge < -0.3 is 134 Å². The lowest BCUT2D eigenvalue weighted by Gasteiger charge is -2.36. The van der Waals surface area contributed by atoms with Crippen molar-refractivity contribution in [3.8, 4) is 5.75 Å². The number of benzene rings is 3. The summed E-state index contributed by atoms with van der Waals surface area (Å²) < 4.78 is 5.45.